The maximum Gasteiger partial charge on any atom is 0.149 e. The fourth-order valence-corrected chi connectivity index (χ4v) is 14.4. The zero-order valence-electron chi connectivity index (χ0n) is 35.2. The van der Waals surface area contributed by atoms with Crippen molar-refractivity contribution in [2.45, 2.75) is 34.6 Å². The van der Waals surface area contributed by atoms with Crippen molar-refractivity contribution in [2.24, 2.45) is 0 Å². The Morgan fingerprint density at radius 3 is 1.23 bits per heavy atom. The highest BCUT2D eigenvalue weighted by Crippen LogP contribution is 2.52. The molecular weight excluding hydrogens is 755 g/mol. The first-order valence-electron chi connectivity index (χ1n) is 21.5. The lowest BCUT2D eigenvalue weighted by Gasteiger charge is -2.50. The molecule has 0 aliphatic carbocycles. The summed E-state index contributed by atoms with van der Waals surface area (Å²) in [5, 5.41) is 6.98. The summed E-state index contributed by atoms with van der Waals surface area (Å²) in [6, 6.07) is 66.6. The Hall–Kier alpha value is -7.14. The number of benzene rings is 9. The standard InChI is InChI=1S/C57H45N3Si/c1-35-18-22-43(23-19-35)58-49-28-37(3)29-50-55(49)61-56-51(58)30-38(4)32-53(56)60(54-33-39(5)31-52(57(54)61)59(50)44-24-20-36(2)21-25-44)48-27-26-45(46-16-9-10-17-47(46)48)42-15-11-14-41(34-42)40-12-7-6-8-13-40/h6-34,61H,1-5H3. The number of anilines is 9. The topological polar surface area (TPSA) is 9.72 Å². The zero-order valence-corrected chi connectivity index (χ0v) is 36.3. The quantitative estimate of drug-likeness (QED) is 0.161. The van der Waals surface area contributed by atoms with Crippen LogP contribution in [0.3, 0.4) is 0 Å². The van der Waals surface area contributed by atoms with Crippen LogP contribution in [-0.2, 0) is 0 Å². The molecule has 3 aliphatic heterocycles. The summed E-state index contributed by atoms with van der Waals surface area (Å²) >= 11 is 0. The smallest absolute Gasteiger partial charge is 0.149 e. The monoisotopic (exact) mass is 799 g/mol. The van der Waals surface area contributed by atoms with Crippen molar-refractivity contribution >= 4 is 86.3 Å². The second kappa shape index (κ2) is 13.4. The van der Waals surface area contributed by atoms with Gasteiger partial charge in [-0.1, -0.05) is 114 Å². The van der Waals surface area contributed by atoms with Crippen molar-refractivity contribution in [1.29, 1.82) is 0 Å². The molecule has 12 rings (SSSR count). The fourth-order valence-electron chi connectivity index (χ4n) is 10.5. The van der Waals surface area contributed by atoms with Crippen molar-refractivity contribution in [1.82, 2.24) is 0 Å². The molecule has 0 atom stereocenters. The summed E-state index contributed by atoms with van der Waals surface area (Å²) < 4.78 is 0. The Labute approximate surface area is 360 Å². The van der Waals surface area contributed by atoms with Gasteiger partial charge < -0.3 is 14.7 Å². The molecule has 0 unspecified atom stereocenters. The Morgan fingerprint density at radius 2 is 0.721 bits per heavy atom. The summed E-state index contributed by atoms with van der Waals surface area (Å²) in [7, 11) is -2.07. The number of fused-ring (bicyclic) bond motifs is 1. The normalized spacial score (nSPS) is 13.5. The van der Waals surface area contributed by atoms with Crippen LogP contribution in [0.2, 0.25) is 0 Å². The highest BCUT2D eigenvalue weighted by molar-refractivity contribution is 7.02. The van der Waals surface area contributed by atoms with Crippen molar-refractivity contribution < 1.29 is 0 Å². The molecule has 0 N–H and O–H groups in total. The molecule has 9 aromatic carbocycles. The van der Waals surface area contributed by atoms with Crippen LogP contribution in [0.25, 0.3) is 33.0 Å². The van der Waals surface area contributed by atoms with Gasteiger partial charge in [0.05, 0.1) is 5.69 Å². The van der Waals surface area contributed by atoms with Gasteiger partial charge in [0.1, 0.15) is 8.80 Å². The van der Waals surface area contributed by atoms with Gasteiger partial charge >= 0.3 is 0 Å². The van der Waals surface area contributed by atoms with Crippen LogP contribution in [0.5, 0.6) is 0 Å². The van der Waals surface area contributed by atoms with E-state index in [1.807, 2.05) is 0 Å². The van der Waals surface area contributed by atoms with Crippen molar-refractivity contribution in [3.05, 3.63) is 204 Å². The van der Waals surface area contributed by atoms with E-state index in [0.29, 0.717) is 0 Å². The molecule has 4 heteroatoms. The maximum absolute atomic E-state index is 2.64. The third kappa shape index (κ3) is 5.42. The number of hydrogen-bond donors (Lipinski definition) is 0. The fraction of sp³-hybridized carbons (Fsp3) is 0.0877. The highest BCUT2D eigenvalue weighted by Gasteiger charge is 2.48. The Bertz CT molecular complexity index is 3130. The number of hydrogen-bond acceptors (Lipinski definition) is 3. The second-order valence-electron chi connectivity index (χ2n) is 17.4. The minimum Gasteiger partial charge on any atom is -0.311 e. The number of nitrogens with zero attached hydrogens (tertiary/aromatic N) is 3. The molecule has 0 fully saturated rings. The molecule has 0 radical (unpaired) electrons. The first-order chi connectivity index (χ1) is 29.8. The zero-order chi connectivity index (χ0) is 41.1. The predicted molar refractivity (Wildman–Crippen MR) is 262 cm³/mol. The van der Waals surface area contributed by atoms with E-state index in [2.05, 4.69) is 225 Å². The average molecular weight is 800 g/mol. The van der Waals surface area contributed by atoms with E-state index in [9.17, 15) is 0 Å². The highest BCUT2D eigenvalue weighted by atomic mass is 28.3. The first kappa shape index (κ1) is 35.8. The predicted octanol–water partition coefficient (Wildman–Crippen LogP) is 13.3. The van der Waals surface area contributed by atoms with Crippen molar-refractivity contribution in [2.75, 3.05) is 14.7 Å². The SMILES string of the molecule is Cc1ccc(N2c3cc(C)cc4c3[SiH]3c5c2cc(C)cc5N(c2ccc(-c5cccc(-c6ccccc6)c5)c5ccccc25)c2cc(C)cc(c23)N4c2ccc(C)cc2)cc1. The maximum atomic E-state index is 2.64. The molecule has 61 heavy (non-hydrogen) atoms. The van der Waals surface area contributed by atoms with Crippen LogP contribution in [-0.4, -0.2) is 8.80 Å². The molecule has 0 bridgehead atoms. The summed E-state index contributed by atoms with van der Waals surface area (Å²) in [4.78, 5) is 7.80. The van der Waals surface area contributed by atoms with E-state index in [1.165, 1.54) is 128 Å². The molecule has 292 valence electrons. The van der Waals surface area contributed by atoms with E-state index in [0.717, 1.165) is 0 Å². The lowest BCUT2D eigenvalue weighted by atomic mass is 9.93. The van der Waals surface area contributed by atoms with Gasteiger partial charge in [-0.3, -0.25) is 0 Å². The van der Waals surface area contributed by atoms with E-state index in [4.69, 9.17) is 0 Å². The summed E-state index contributed by atoms with van der Waals surface area (Å²) in [5.74, 6) is 0. The van der Waals surface area contributed by atoms with Crippen LogP contribution < -0.4 is 30.3 Å². The van der Waals surface area contributed by atoms with E-state index < -0.39 is 8.80 Å². The van der Waals surface area contributed by atoms with E-state index >= 15 is 0 Å². The van der Waals surface area contributed by atoms with Gasteiger partial charge in [-0.15, -0.1) is 0 Å². The van der Waals surface area contributed by atoms with Gasteiger partial charge in [-0.25, -0.2) is 0 Å². The molecule has 0 amide bonds. The van der Waals surface area contributed by atoms with Gasteiger partial charge in [-0.05, 0) is 167 Å². The Kier molecular flexibility index (Phi) is 7.88. The molecule has 0 saturated heterocycles. The lowest BCUT2D eigenvalue weighted by molar-refractivity contribution is 1.20. The first-order valence-corrected chi connectivity index (χ1v) is 23.2. The molecule has 3 heterocycles. The molecule has 0 spiro atoms. The molecule has 3 nitrogen and oxygen atoms in total. The summed E-state index contributed by atoms with van der Waals surface area (Å²) in [6.07, 6.45) is 0. The van der Waals surface area contributed by atoms with Crippen LogP contribution >= 0.6 is 0 Å². The Balaban J connectivity index is 1.16. The second-order valence-corrected chi connectivity index (χ2v) is 20.0. The minimum absolute atomic E-state index is 1.19. The van der Waals surface area contributed by atoms with Gasteiger partial charge in [0.25, 0.3) is 0 Å². The average Bonchev–Trinajstić information content (AvgIpc) is 3.27. The molecule has 0 aromatic heterocycles. The van der Waals surface area contributed by atoms with Crippen LogP contribution in [0.1, 0.15) is 27.8 Å². The lowest BCUT2D eigenvalue weighted by Crippen LogP contribution is -2.65. The van der Waals surface area contributed by atoms with Gasteiger partial charge in [0.15, 0.2) is 0 Å². The van der Waals surface area contributed by atoms with Gasteiger partial charge in [0, 0.05) is 50.9 Å². The van der Waals surface area contributed by atoms with Gasteiger partial charge in [-0.2, -0.15) is 0 Å². The Morgan fingerprint density at radius 1 is 0.295 bits per heavy atom. The van der Waals surface area contributed by atoms with Crippen molar-refractivity contribution in [3.63, 3.8) is 0 Å². The van der Waals surface area contributed by atoms with E-state index in [-0.39, 0.29) is 0 Å². The molecule has 3 aliphatic rings. The third-order valence-electron chi connectivity index (χ3n) is 13.2. The summed E-state index contributed by atoms with van der Waals surface area (Å²) in [6.45, 7) is 11.2. The van der Waals surface area contributed by atoms with Gasteiger partial charge in [0.2, 0.25) is 0 Å². The molecule has 0 saturated carbocycles. The third-order valence-corrected chi connectivity index (χ3v) is 16.7. The largest absolute Gasteiger partial charge is 0.311 e. The summed E-state index contributed by atoms with van der Waals surface area (Å²) in [5.41, 5.74) is 22.7. The van der Waals surface area contributed by atoms with Crippen LogP contribution in [0.4, 0.5) is 51.2 Å². The van der Waals surface area contributed by atoms with Crippen molar-refractivity contribution in [3.8, 4) is 22.3 Å². The van der Waals surface area contributed by atoms with E-state index in [1.54, 1.807) is 0 Å². The number of aryl methyl sites for hydroxylation is 5. The molecule has 9 aromatic rings. The van der Waals surface area contributed by atoms with Crippen LogP contribution in [0, 0.1) is 34.6 Å². The minimum atomic E-state index is -2.07. The van der Waals surface area contributed by atoms with Crippen LogP contribution in [0.15, 0.2) is 176 Å². The molecular formula is C57H45N3Si. The number of rotatable bonds is 5.